The van der Waals surface area contributed by atoms with Crippen LogP contribution in [0.15, 0.2) is 76.5 Å². The maximum Gasteiger partial charge on any atom is 0.288 e. The van der Waals surface area contributed by atoms with Gasteiger partial charge in [0, 0.05) is 16.1 Å². The molecule has 1 amide bonds. The number of rotatable bonds is 7. The number of amides is 1. The van der Waals surface area contributed by atoms with Crippen molar-refractivity contribution >= 4 is 39.1 Å². The van der Waals surface area contributed by atoms with Crippen LogP contribution in [0.2, 0.25) is 0 Å². The molecule has 0 aliphatic carbocycles. The monoisotopic (exact) mass is 462 g/mol. The molecule has 0 atom stereocenters. The second kappa shape index (κ2) is 9.49. The van der Waals surface area contributed by atoms with Crippen LogP contribution in [0.3, 0.4) is 0 Å². The highest BCUT2D eigenvalue weighted by molar-refractivity contribution is 7.99. The molecule has 5 nitrogen and oxygen atoms in total. The number of para-hydroxylation sites is 1. The number of hydrogen-bond acceptors (Lipinski definition) is 4. The van der Waals surface area contributed by atoms with E-state index in [0.29, 0.717) is 33.6 Å². The molecule has 3 aromatic carbocycles. The summed E-state index contributed by atoms with van der Waals surface area (Å²) in [6.07, 6.45) is 0. The van der Waals surface area contributed by atoms with Gasteiger partial charge < -0.3 is 5.32 Å². The molecule has 0 saturated heterocycles. The lowest BCUT2D eigenvalue weighted by atomic mass is 10.1. The first-order valence-corrected chi connectivity index (χ1v) is 11.6. The highest BCUT2D eigenvalue weighted by Crippen LogP contribution is 2.27. The lowest BCUT2D eigenvalue weighted by molar-refractivity contribution is 0.102. The van der Waals surface area contributed by atoms with Crippen LogP contribution in [-0.2, 0) is 10.0 Å². The molecule has 0 radical (unpaired) electrons. The van der Waals surface area contributed by atoms with Crippen LogP contribution in [0, 0.1) is 13.8 Å². The van der Waals surface area contributed by atoms with Gasteiger partial charge in [0.1, 0.15) is 0 Å². The maximum atomic E-state index is 12.8. The minimum Gasteiger partial charge on any atom is -0.322 e. The summed E-state index contributed by atoms with van der Waals surface area (Å²) in [6.45, 7) is 3.49. The summed E-state index contributed by atoms with van der Waals surface area (Å²) in [5, 5.41) is 2.67. The lowest BCUT2D eigenvalue weighted by Crippen LogP contribution is -2.17. The number of sulfonamides is 1. The molecule has 0 saturated carbocycles. The Bertz CT molecular complexity index is 1200. The van der Waals surface area contributed by atoms with Crippen molar-refractivity contribution in [3.8, 4) is 0 Å². The van der Waals surface area contributed by atoms with Gasteiger partial charge in [-0.25, -0.2) is 8.42 Å². The maximum absolute atomic E-state index is 12.8. The Balaban J connectivity index is 1.81. The van der Waals surface area contributed by atoms with Crippen molar-refractivity contribution in [1.82, 2.24) is 0 Å². The van der Waals surface area contributed by atoms with Crippen LogP contribution in [0.1, 0.15) is 21.5 Å². The van der Waals surface area contributed by atoms with Crippen LogP contribution in [0.4, 0.5) is 20.2 Å². The summed E-state index contributed by atoms with van der Waals surface area (Å²) < 4.78 is 53.0. The average Bonchev–Trinajstić information content (AvgIpc) is 2.71. The molecule has 0 heterocycles. The van der Waals surface area contributed by atoms with Crippen molar-refractivity contribution in [3.05, 3.63) is 83.4 Å². The summed E-state index contributed by atoms with van der Waals surface area (Å²) >= 11 is 0.411. The molecule has 0 bridgehead atoms. The Morgan fingerprint density at radius 1 is 0.935 bits per heavy atom. The van der Waals surface area contributed by atoms with E-state index in [4.69, 9.17) is 0 Å². The summed E-state index contributed by atoms with van der Waals surface area (Å²) in [4.78, 5) is 13.1. The largest absolute Gasteiger partial charge is 0.322 e. The molecule has 0 spiro atoms. The zero-order valence-electron chi connectivity index (χ0n) is 16.7. The molecule has 3 rings (SSSR count). The van der Waals surface area contributed by atoms with E-state index in [-0.39, 0.29) is 10.5 Å². The number of nitrogens with one attached hydrogen (secondary N) is 2. The summed E-state index contributed by atoms with van der Waals surface area (Å²) in [5.74, 6) is -3.03. The molecule has 0 fully saturated rings. The van der Waals surface area contributed by atoms with Crippen molar-refractivity contribution in [2.75, 3.05) is 10.0 Å². The first-order chi connectivity index (χ1) is 14.7. The minimum absolute atomic E-state index is 0.0461. The molecule has 0 unspecified atom stereocenters. The molecule has 31 heavy (non-hydrogen) atoms. The fourth-order valence-electron chi connectivity index (χ4n) is 2.82. The zero-order chi connectivity index (χ0) is 22.6. The Morgan fingerprint density at radius 3 is 2.26 bits per heavy atom. The fourth-order valence-corrected chi connectivity index (χ4v) is 4.48. The zero-order valence-corrected chi connectivity index (χ0v) is 18.4. The number of carbonyl (C=O) groups excluding carboxylic acids is 1. The van der Waals surface area contributed by atoms with Crippen molar-refractivity contribution < 1.29 is 22.0 Å². The van der Waals surface area contributed by atoms with E-state index in [1.165, 1.54) is 36.4 Å². The van der Waals surface area contributed by atoms with Gasteiger partial charge in [-0.1, -0.05) is 36.0 Å². The highest BCUT2D eigenvalue weighted by Gasteiger charge is 2.19. The van der Waals surface area contributed by atoms with Crippen LogP contribution >= 0.6 is 11.8 Å². The SMILES string of the molecule is Cc1ccccc1NS(=O)(=O)c1ccc(C)c(C(=O)Nc2ccc(SC(F)F)cc2)c1. The summed E-state index contributed by atoms with van der Waals surface area (Å²) in [7, 11) is -3.90. The number of hydrogen-bond donors (Lipinski definition) is 2. The summed E-state index contributed by atoms with van der Waals surface area (Å²) in [6, 6.07) is 17.3. The van der Waals surface area contributed by atoms with E-state index in [2.05, 4.69) is 10.0 Å². The number of thioether (sulfide) groups is 1. The third-order valence-corrected chi connectivity index (χ3v) is 6.58. The number of anilines is 2. The molecule has 3 aromatic rings. The van der Waals surface area contributed by atoms with Crippen LogP contribution in [-0.4, -0.2) is 20.1 Å². The van der Waals surface area contributed by atoms with E-state index in [0.717, 1.165) is 5.56 Å². The van der Waals surface area contributed by atoms with Gasteiger partial charge in [-0.15, -0.1) is 0 Å². The molecular formula is C22H20F2N2O3S2. The molecule has 2 N–H and O–H groups in total. The number of alkyl halides is 2. The molecule has 162 valence electrons. The number of aryl methyl sites for hydroxylation is 2. The van der Waals surface area contributed by atoms with E-state index in [1.54, 1.807) is 44.2 Å². The van der Waals surface area contributed by atoms with E-state index >= 15 is 0 Å². The predicted molar refractivity (Wildman–Crippen MR) is 119 cm³/mol. The molecule has 0 aliphatic rings. The molecule has 0 aliphatic heterocycles. The van der Waals surface area contributed by atoms with Gasteiger partial charge in [0.05, 0.1) is 10.6 Å². The second-order valence-electron chi connectivity index (χ2n) is 6.75. The van der Waals surface area contributed by atoms with E-state index in [1.807, 2.05) is 0 Å². The third-order valence-electron chi connectivity index (χ3n) is 4.49. The van der Waals surface area contributed by atoms with Crippen LogP contribution in [0.25, 0.3) is 0 Å². The fraction of sp³-hybridized carbons (Fsp3) is 0.136. The molecule has 0 aromatic heterocycles. The van der Waals surface area contributed by atoms with Crippen molar-refractivity contribution in [2.24, 2.45) is 0 Å². The van der Waals surface area contributed by atoms with Gasteiger partial charge in [0.25, 0.3) is 21.7 Å². The van der Waals surface area contributed by atoms with Gasteiger partial charge in [-0.05, 0) is 67.4 Å². The highest BCUT2D eigenvalue weighted by atomic mass is 32.2. The summed E-state index contributed by atoms with van der Waals surface area (Å²) in [5.41, 5.74) is 2.42. The quantitative estimate of drug-likeness (QED) is 0.444. The standard InChI is InChI=1S/C22H20F2N2O3S2/c1-14-7-12-18(31(28,29)26-20-6-4-3-5-15(20)2)13-19(14)21(27)25-16-8-10-17(11-9-16)30-22(23)24/h3-13,22,26H,1-2H3,(H,25,27). The van der Waals surface area contributed by atoms with Crippen LogP contribution in [0.5, 0.6) is 0 Å². The van der Waals surface area contributed by atoms with E-state index < -0.39 is 21.7 Å². The number of carbonyl (C=O) groups is 1. The van der Waals surface area contributed by atoms with Gasteiger partial charge in [0.15, 0.2) is 0 Å². The Kier molecular flexibility index (Phi) is 6.97. The van der Waals surface area contributed by atoms with Crippen LogP contribution < -0.4 is 10.0 Å². The van der Waals surface area contributed by atoms with Crippen molar-refractivity contribution in [3.63, 3.8) is 0 Å². The Labute approximate surface area is 183 Å². The van der Waals surface area contributed by atoms with Gasteiger partial charge in [0.2, 0.25) is 0 Å². The molecule has 9 heteroatoms. The Hall–Kier alpha value is -2.91. The van der Waals surface area contributed by atoms with Gasteiger partial charge >= 0.3 is 0 Å². The predicted octanol–water partition coefficient (Wildman–Crippen LogP) is 5.67. The number of benzene rings is 3. The second-order valence-corrected chi connectivity index (χ2v) is 9.50. The normalized spacial score (nSPS) is 11.4. The smallest absolute Gasteiger partial charge is 0.288 e. The van der Waals surface area contributed by atoms with Gasteiger partial charge in [-0.3, -0.25) is 9.52 Å². The number of halogens is 2. The lowest BCUT2D eigenvalue weighted by Gasteiger charge is -2.13. The minimum atomic E-state index is -3.90. The average molecular weight is 463 g/mol. The Morgan fingerprint density at radius 2 is 1.61 bits per heavy atom. The van der Waals surface area contributed by atoms with Gasteiger partial charge in [-0.2, -0.15) is 8.78 Å². The third kappa shape index (κ3) is 5.83. The first kappa shape index (κ1) is 22.8. The first-order valence-electron chi connectivity index (χ1n) is 9.21. The topological polar surface area (TPSA) is 75.3 Å². The van der Waals surface area contributed by atoms with Crippen molar-refractivity contribution in [1.29, 1.82) is 0 Å². The molecular weight excluding hydrogens is 442 g/mol. The van der Waals surface area contributed by atoms with E-state index in [9.17, 15) is 22.0 Å². The van der Waals surface area contributed by atoms with Crippen molar-refractivity contribution in [2.45, 2.75) is 29.4 Å².